The van der Waals surface area contributed by atoms with Gasteiger partial charge in [0, 0.05) is 38.2 Å². The molecule has 122 valence electrons. The van der Waals surface area contributed by atoms with Gasteiger partial charge in [-0.2, -0.15) is 0 Å². The minimum atomic E-state index is 0.472. The lowest BCUT2D eigenvalue weighted by molar-refractivity contribution is 0.177. The van der Waals surface area contributed by atoms with Gasteiger partial charge < -0.3 is 4.74 Å². The highest BCUT2D eigenvalue weighted by Crippen LogP contribution is 2.29. The van der Waals surface area contributed by atoms with Crippen molar-refractivity contribution in [2.45, 2.75) is 38.8 Å². The Hall–Kier alpha value is -1.78. The summed E-state index contributed by atoms with van der Waals surface area (Å²) in [7, 11) is 1.66. The van der Waals surface area contributed by atoms with Crippen molar-refractivity contribution in [3.8, 4) is 0 Å². The Bertz CT molecular complexity index is 627. The third-order valence-corrected chi connectivity index (χ3v) is 4.57. The van der Waals surface area contributed by atoms with E-state index in [0.29, 0.717) is 12.5 Å². The van der Waals surface area contributed by atoms with Crippen LogP contribution in [-0.4, -0.2) is 35.1 Å². The minimum absolute atomic E-state index is 0.472. The highest BCUT2D eigenvalue weighted by atomic mass is 16.5. The zero-order valence-corrected chi connectivity index (χ0v) is 14.0. The number of rotatable bonds is 5. The van der Waals surface area contributed by atoms with Crippen molar-refractivity contribution < 1.29 is 4.74 Å². The van der Waals surface area contributed by atoms with E-state index in [9.17, 15) is 0 Å². The molecule has 1 atom stereocenters. The molecule has 1 aromatic carbocycles. The van der Waals surface area contributed by atoms with Crippen molar-refractivity contribution in [2.75, 3.05) is 20.2 Å². The van der Waals surface area contributed by atoms with Gasteiger partial charge in [-0.3, -0.25) is 4.90 Å². The first-order chi connectivity index (χ1) is 11.3. The molecule has 4 heteroatoms. The molecule has 1 aromatic heterocycles. The lowest BCUT2D eigenvalue weighted by Crippen LogP contribution is -2.34. The summed E-state index contributed by atoms with van der Waals surface area (Å²) in [6, 6.07) is 8.78. The van der Waals surface area contributed by atoms with Gasteiger partial charge in [0.15, 0.2) is 5.82 Å². The van der Waals surface area contributed by atoms with Gasteiger partial charge in [0.2, 0.25) is 0 Å². The average molecular weight is 311 g/mol. The van der Waals surface area contributed by atoms with E-state index >= 15 is 0 Å². The van der Waals surface area contributed by atoms with Crippen LogP contribution >= 0.6 is 0 Å². The van der Waals surface area contributed by atoms with Crippen LogP contribution in [0.3, 0.4) is 0 Å². The van der Waals surface area contributed by atoms with Crippen LogP contribution in [0.1, 0.15) is 41.3 Å². The fourth-order valence-corrected chi connectivity index (χ4v) is 3.42. The number of methoxy groups -OCH3 is 1. The van der Waals surface area contributed by atoms with Crippen LogP contribution in [-0.2, 0) is 17.9 Å². The molecule has 4 nitrogen and oxygen atoms in total. The Kier molecular flexibility index (Phi) is 5.36. The van der Waals surface area contributed by atoms with Crippen molar-refractivity contribution in [3.63, 3.8) is 0 Å². The summed E-state index contributed by atoms with van der Waals surface area (Å²) in [6.07, 6.45) is 6.39. The van der Waals surface area contributed by atoms with Crippen LogP contribution in [0.4, 0.5) is 0 Å². The number of aryl methyl sites for hydroxylation is 1. The number of hydrogen-bond acceptors (Lipinski definition) is 4. The topological polar surface area (TPSA) is 38.2 Å². The SMILES string of the molecule is COCc1ncc(CN2CCC[C@@H](c3ccccc3C)C2)cn1. The van der Waals surface area contributed by atoms with Crippen LogP contribution < -0.4 is 0 Å². The normalized spacial score (nSPS) is 19.0. The van der Waals surface area contributed by atoms with E-state index in [1.165, 1.54) is 29.5 Å². The number of ether oxygens (including phenoxy) is 1. The van der Waals surface area contributed by atoms with E-state index in [0.717, 1.165) is 25.5 Å². The van der Waals surface area contributed by atoms with Gasteiger partial charge in [-0.05, 0) is 43.4 Å². The second-order valence-corrected chi connectivity index (χ2v) is 6.37. The van der Waals surface area contributed by atoms with Crippen LogP contribution in [0.15, 0.2) is 36.7 Å². The summed E-state index contributed by atoms with van der Waals surface area (Å²) in [5.41, 5.74) is 4.09. The van der Waals surface area contributed by atoms with E-state index in [2.05, 4.69) is 46.1 Å². The lowest BCUT2D eigenvalue weighted by Gasteiger charge is -2.33. The zero-order chi connectivity index (χ0) is 16.1. The molecule has 1 saturated heterocycles. The smallest absolute Gasteiger partial charge is 0.153 e. The summed E-state index contributed by atoms with van der Waals surface area (Å²) in [4.78, 5) is 11.2. The van der Waals surface area contributed by atoms with Gasteiger partial charge in [-0.25, -0.2) is 9.97 Å². The molecule has 0 N–H and O–H groups in total. The van der Waals surface area contributed by atoms with Crippen molar-refractivity contribution in [2.24, 2.45) is 0 Å². The molecule has 23 heavy (non-hydrogen) atoms. The van der Waals surface area contributed by atoms with Gasteiger partial charge in [0.05, 0.1) is 0 Å². The third-order valence-electron chi connectivity index (χ3n) is 4.57. The molecule has 1 aliphatic rings. The van der Waals surface area contributed by atoms with Crippen LogP contribution in [0.2, 0.25) is 0 Å². The Morgan fingerprint density at radius 3 is 2.74 bits per heavy atom. The maximum atomic E-state index is 5.06. The van der Waals surface area contributed by atoms with Crippen LogP contribution in [0.5, 0.6) is 0 Å². The summed E-state index contributed by atoms with van der Waals surface area (Å²) < 4.78 is 5.06. The van der Waals surface area contributed by atoms with Crippen LogP contribution in [0.25, 0.3) is 0 Å². The van der Waals surface area contributed by atoms with Crippen molar-refractivity contribution >= 4 is 0 Å². The Morgan fingerprint density at radius 1 is 1.22 bits per heavy atom. The Balaban J connectivity index is 1.63. The molecule has 0 amide bonds. The first-order valence-corrected chi connectivity index (χ1v) is 8.33. The summed E-state index contributed by atoms with van der Waals surface area (Å²) in [5, 5.41) is 0. The maximum absolute atomic E-state index is 5.06. The molecule has 0 radical (unpaired) electrons. The summed E-state index contributed by atoms with van der Waals surface area (Å²) in [6.45, 7) is 5.89. The predicted molar refractivity (Wildman–Crippen MR) is 91.2 cm³/mol. The van der Waals surface area contributed by atoms with Crippen molar-refractivity contribution in [3.05, 3.63) is 59.2 Å². The van der Waals surface area contributed by atoms with Crippen molar-refractivity contribution in [1.82, 2.24) is 14.9 Å². The van der Waals surface area contributed by atoms with Gasteiger partial charge in [0.25, 0.3) is 0 Å². The summed E-state index contributed by atoms with van der Waals surface area (Å²) in [5.74, 6) is 1.38. The zero-order valence-electron chi connectivity index (χ0n) is 14.0. The second-order valence-electron chi connectivity index (χ2n) is 6.37. The van der Waals surface area contributed by atoms with E-state index < -0.39 is 0 Å². The lowest BCUT2D eigenvalue weighted by atomic mass is 9.88. The van der Waals surface area contributed by atoms with Gasteiger partial charge >= 0.3 is 0 Å². The molecule has 3 rings (SSSR count). The number of piperidine rings is 1. The standard InChI is InChI=1S/C19H25N3O/c1-15-6-3-4-8-18(15)17-7-5-9-22(13-17)12-16-10-20-19(14-23-2)21-11-16/h3-4,6,8,10-11,17H,5,7,9,12-14H2,1-2H3/t17-/m1/s1. The van der Waals surface area contributed by atoms with E-state index in [1.807, 2.05) is 12.4 Å². The largest absolute Gasteiger partial charge is 0.377 e. The van der Waals surface area contributed by atoms with Crippen molar-refractivity contribution in [1.29, 1.82) is 0 Å². The number of aromatic nitrogens is 2. The molecule has 1 fully saturated rings. The maximum Gasteiger partial charge on any atom is 0.153 e. The highest BCUT2D eigenvalue weighted by molar-refractivity contribution is 5.29. The van der Waals surface area contributed by atoms with Gasteiger partial charge in [-0.15, -0.1) is 0 Å². The molecule has 0 unspecified atom stereocenters. The fourth-order valence-electron chi connectivity index (χ4n) is 3.42. The average Bonchev–Trinajstić information content (AvgIpc) is 2.58. The Morgan fingerprint density at radius 2 is 2.00 bits per heavy atom. The fraction of sp³-hybridized carbons (Fsp3) is 0.474. The number of likely N-dealkylation sites (tertiary alicyclic amines) is 1. The molecule has 0 spiro atoms. The number of hydrogen-bond donors (Lipinski definition) is 0. The van der Waals surface area contributed by atoms with Gasteiger partial charge in [-0.1, -0.05) is 24.3 Å². The van der Waals surface area contributed by atoms with E-state index in [-0.39, 0.29) is 0 Å². The predicted octanol–water partition coefficient (Wildman–Crippen LogP) is 3.31. The molecule has 2 aromatic rings. The van der Waals surface area contributed by atoms with Crippen LogP contribution in [0, 0.1) is 6.92 Å². The molecule has 2 heterocycles. The summed E-state index contributed by atoms with van der Waals surface area (Å²) >= 11 is 0. The second kappa shape index (κ2) is 7.66. The molecule has 0 saturated carbocycles. The Labute approximate surface area is 138 Å². The quantitative estimate of drug-likeness (QED) is 0.849. The first-order valence-electron chi connectivity index (χ1n) is 8.33. The molecule has 1 aliphatic heterocycles. The molecule has 0 aliphatic carbocycles. The van der Waals surface area contributed by atoms with E-state index in [4.69, 9.17) is 4.74 Å². The highest BCUT2D eigenvalue weighted by Gasteiger charge is 2.22. The minimum Gasteiger partial charge on any atom is -0.377 e. The van der Waals surface area contributed by atoms with Gasteiger partial charge in [0.1, 0.15) is 6.61 Å². The number of nitrogens with zero attached hydrogens (tertiary/aromatic N) is 3. The number of benzene rings is 1. The molecule has 0 bridgehead atoms. The molecular formula is C19H25N3O. The van der Waals surface area contributed by atoms with E-state index in [1.54, 1.807) is 7.11 Å². The monoisotopic (exact) mass is 311 g/mol. The third kappa shape index (κ3) is 4.15. The molecular weight excluding hydrogens is 286 g/mol. The first kappa shape index (κ1) is 16.1.